The molecule has 0 fully saturated rings. The van der Waals surface area contributed by atoms with Crippen LogP contribution in [0.5, 0.6) is 0 Å². The molecule has 3 N–H and O–H groups in total. The second-order valence-electron chi connectivity index (χ2n) is 4.64. The Hall–Kier alpha value is -0.960. The summed E-state index contributed by atoms with van der Waals surface area (Å²) in [6.07, 6.45) is 0.853. The topological polar surface area (TPSA) is 104 Å². The molecule has 1 aromatic rings. The van der Waals surface area contributed by atoms with E-state index >= 15 is 0 Å². The second-order valence-corrected chi connectivity index (χ2v) is 7.68. The lowest BCUT2D eigenvalue weighted by atomic mass is 9.98. The van der Waals surface area contributed by atoms with Gasteiger partial charge in [0.15, 0.2) is 0 Å². The fourth-order valence-electron chi connectivity index (χ4n) is 1.60. The molecule has 0 bridgehead atoms. The van der Waals surface area contributed by atoms with E-state index in [1.54, 1.807) is 20.8 Å². The van der Waals surface area contributed by atoms with Gasteiger partial charge in [-0.25, -0.2) is 17.9 Å². The number of rotatable bonds is 7. The number of nitrogens with one attached hydrogen (secondary N) is 1. The summed E-state index contributed by atoms with van der Waals surface area (Å²) in [5.74, 6) is -1.15. The van der Waals surface area contributed by atoms with E-state index < -0.39 is 21.6 Å². The molecule has 0 unspecified atom stereocenters. The molecule has 0 aliphatic carbocycles. The highest BCUT2D eigenvalue weighted by Gasteiger charge is 2.27. The number of hydrogen-bond donors (Lipinski definition) is 3. The Balaban J connectivity index is 2.95. The predicted molar refractivity (Wildman–Crippen MR) is 76.7 cm³/mol. The summed E-state index contributed by atoms with van der Waals surface area (Å²) in [7, 11) is -3.80. The summed E-state index contributed by atoms with van der Waals surface area (Å²) in [6, 6.07) is 1.33. The lowest BCUT2D eigenvalue weighted by molar-refractivity contribution is 0.0377. The summed E-state index contributed by atoms with van der Waals surface area (Å²) in [6.45, 7) is 5.00. The number of carbonyl (C=O) groups is 1. The molecular weight excluding hydrogens is 302 g/mol. The number of carboxylic acid groups (broad SMARTS) is 1. The maximum Gasteiger partial charge on any atom is 0.346 e. The van der Waals surface area contributed by atoms with Crippen LogP contribution in [-0.2, 0) is 10.0 Å². The summed E-state index contributed by atoms with van der Waals surface area (Å²) in [5.41, 5.74) is -0.682. The van der Waals surface area contributed by atoms with Crippen molar-refractivity contribution in [1.82, 2.24) is 4.72 Å². The van der Waals surface area contributed by atoms with Crippen molar-refractivity contribution in [2.24, 2.45) is 0 Å². The van der Waals surface area contributed by atoms with Crippen molar-refractivity contribution < 1.29 is 23.4 Å². The van der Waals surface area contributed by atoms with Crippen LogP contribution in [0.3, 0.4) is 0 Å². The highest BCUT2D eigenvalue weighted by atomic mass is 32.2. The number of aromatic carboxylic acids is 1. The number of aryl methyl sites for hydroxylation is 1. The van der Waals surface area contributed by atoms with Gasteiger partial charge in [-0.2, -0.15) is 0 Å². The van der Waals surface area contributed by atoms with E-state index in [1.807, 2.05) is 0 Å². The largest absolute Gasteiger partial charge is 0.477 e. The average molecular weight is 321 g/mol. The first-order valence-corrected chi connectivity index (χ1v) is 8.51. The van der Waals surface area contributed by atoms with Crippen molar-refractivity contribution in [3.05, 3.63) is 16.5 Å². The van der Waals surface area contributed by atoms with Gasteiger partial charge in [0.1, 0.15) is 9.09 Å². The van der Waals surface area contributed by atoms with Crippen molar-refractivity contribution in [2.75, 3.05) is 6.54 Å². The molecule has 0 saturated carbocycles. The normalized spacial score (nSPS) is 12.6. The molecule has 0 spiro atoms. The van der Waals surface area contributed by atoms with Gasteiger partial charge in [-0.15, -0.1) is 11.3 Å². The highest BCUT2D eigenvalue weighted by Crippen LogP contribution is 2.26. The first-order valence-electron chi connectivity index (χ1n) is 6.21. The lowest BCUT2D eigenvalue weighted by Gasteiger charge is -2.25. The fourth-order valence-corrected chi connectivity index (χ4v) is 4.14. The van der Waals surface area contributed by atoms with E-state index in [2.05, 4.69) is 4.72 Å². The van der Waals surface area contributed by atoms with Gasteiger partial charge < -0.3 is 10.2 Å². The lowest BCUT2D eigenvalue weighted by Crippen LogP contribution is -2.41. The molecule has 114 valence electrons. The van der Waals surface area contributed by atoms with Gasteiger partial charge in [0.2, 0.25) is 10.0 Å². The number of aliphatic hydroxyl groups is 1. The number of carboxylic acids is 1. The van der Waals surface area contributed by atoms with E-state index in [0.29, 0.717) is 29.7 Å². The summed E-state index contributed by atoms with van der Waals surface area (Å²) in [4.78, 5) is 10.9. The first kappa shape index (κ1) is 17.1. The molecule has 8 heteroatoms. The SMILES string of the molecule is CCC(O)(CC)CNS(=O)(=O)c1cc(C)c(C(=O)O)s1. The molecule has 1 aromatic heterocycles. The van der Waals surface area contributed by atoms with Gasteiger partial charge >= 0.3 is 5.97 Å². The third-order valence-electron chi connectivity index (χ3n) is 3.26. The summed E-state index contributed by atoms with van der Waals surface area (Å²) >= 11 is 0.709. The zero-order valence-corrected chi connectivity index (χ0v) is 13.3. The van der Waals surface area contributed by atoms with E-state index in [-0.39, 0.29) is 15.6 Å². The number of sulfonamides is 1. The Labute approximate surface area is 122 Å². The van der Waals surface area contributed by atoms with E-state index in [1.165, 1.54) is 6.07 Å². The monoisotopic (exact) mass is 321 g/mol. The van der Waals surface area contributed by atoms with Crippen molar-refractivity contribution in [3.8, 4) is 0 Å². The quantitative estimate of drug-likeness (QED) is 0.707. The molecule has 1 heterocycles. The standard InChI is InChI=1S/C12H19NO5S2/c1-4-12(16,5-2)7-13-20(17,18)9-6-8(3)10(19-9)11(14)15/h6,13,16H,4-5,7H2,1-3H3,(H,14,15). The van der Waals surface area contributed by atoms with Crippen molar-refractivity contribution in [2.45, 2.75) is 43.4 Å². The molecule has 1 rings (SSSR count). The van der Waals surface area contributed by atoms with Crippen LogP contribution in [0.25, 0.3) is 0 Å². The maximum atomic E-state index is 12.1. The first-order chi connectivity index (χ1) is 9.15. The van der Waals surface area contributed by atoms with Crippen LogP contribution in [0.4, 0.5) is 0 Å². The fraction of sp³-hybridized carbons (Fsp3) is 0.583. The van der Waals surface area contributed by atoms with E-state index in [4.69, 9.17) is 5.11 Å². The van der Waals surface area contributed by atoms with Crippen LogP contribution in [0, 0.1) is 6.92 Å². The van der Waals surface area contributed by atoms with Crippen LogP contribution in [-0.4, -0.2) is 36.7 Å². The molecule has 0 saturated heterocycles. The molecule has 0 radical (unpaired) electrons. The molecule has 0 aliphatic heterocycles. The molecule has 0 atom stereocenters. The second kappa shape index (κ2) is 6.21. The summed E-state index contributed by atoms with van der Waals surface area (Å²) < 4.78 is 26.5. The Morgan fingerprint density at radius 1 is 1.40 bits per heavy atom. The highest BCUT2D eigenvalue weighted by molar-refractivity contribution is 7.91. The maximum absolute atomic E-state index is 12.1. The van der Waals surface area contributed by atoms with Gasteiger partial charge in [0.25, 0.3) is 0 Å². The van der Waals surface area contributed by atoms with Crippen LogP contribution in [0.1, 0.15) is 41.9 Å². The van der Waals surface area contributed by atoms with E-state index in [9.17, 15) is 18.3 Å². The Morgan fingerprint density at radius 2 is 1.95 bits per heavy atom. The predicted octanol–water partition coefficient (Wildman–Crippen LogP) is 1.58. The van der Waals surface area contributed by atoms with Gasteiger partial charge in [-0.3, -0.25) is 0 Å². The molecule has 6 nitrogen and oxygen atoms in total. The smallest absolute Gasteiger partial charge is 0.346 e. The van der Waals surface area contributed by atoms with E-state index in [0.717, 1.165) is 0 Å². The van der Waals surface area contributed by atoms with Crippen molar-refractivity contribution >= 4 is 27.3 Å². The van der Waals surface area contributed by atoms with Crippen LogP contribution >= 0.6 is 11.3 Å². The van der Waals surface area contributed by atoms with Gasteiger partial charge in [0.05, 0.1) is 5.60 Å². The van der Waals surface area contributed by atoms with Crippen LogP contribution in [0.2, 0.25) is 0 Å². The minimum Gasteiger partial charge on any atom is -0.477 e. The zero-order chi connectivity index (χ0) is 15.6. The minimum absolute atomic E-state index is 0.00613. The number of hydrogen-bond acceptors (Lipinski definition) is 5. The molecule has 0 aromatic carbocycles. The number of thiophene rings is 1. The molecule has 0 amide bonds. The third-order valence-corrected chi connectivity index (χ3v) is 6.36. The Morgan fingerprint density at radius 3 is 2.35 bits per heavy atom. The van der Waals surface area contributed by atoms with Gasteiger partial charge in [-0.1, -0.05) is 13.8 Å². The minimum atomic E-state index is -3.80. The van der Waals surface area contributed by atoms with Crippen LogP contribution in [0.15, 0.2) is 10.3 Å². The van der Waals surface area contributed by atoms with Gasteiger partial charge in [-0.05, 0) is 31.4 Å². The molecule has 0 aliphatic rings. The van der Waals surface area contributed by atoms with Crippen molar-refractivity contribution in [1.29, 1.82) is 0 Å². The Kier molecular flexibility index (Phi) is 5.31. The molecular formula is C12H19NO5S2. The Bertz CT molecular complexity index is 587. The van der Waals surface area contributed by atoms with Gasteiger partial charge in [0, 0.05) is 6.54 Å². The zero-order valence-electron chi connectivity index (χ0n) is 11.6. The average Bonchev–Trinajstić information content (AvgIpc) is 2.79. The third kappa shape index (κ3) is 3.78. The van der Waals surface area contributed by atoms with Crippen LogP contribution < -0.4 is 4.72 Å². The summed E-state index contributed by atoms with van der Waals surface area (Å²) in [5, 5.41) is 19.0. The van der Waals surface area contributed by atoms with Crippen molar-refractivity contribution in [3.63, 3.8) is 0 Å². The molecule has 20 heavy (non-hydrogen) atoms.